The maximum Gasteiger partial charge on any atom is 0.229 e. The number of carbonyl (C=O) groups excluding carboxylic acids is 1. The van der Waals surface area contributed by atoms with E-state index in [0.29, 0.717) is 6.04 Å². The minimum atomic E-state index is -0.106. The van der Waals surface area contributed by atoms with Crippen LogP contribution in [0.5, 0.6) is 0 Å². The van der Waals surface area contributed by atoms with Crippen LogP contribution in [0.2, 0.25) is 0 Å². The topological polar surface area (TPSA) is 49.6 Å². The second kappa shape index (κ2) is 6.06. The normalized spacial score (nSPS) is 24.4. The van der Waals surface area contributed by atoms with E-state index in [-0.39, 0.29) is 11.8 Å². The van der Waals surface area contributed by atoms with Crippen molar-refractivity contribution in [2.24, 2.45) is 0 Å². The van der Waals surface area contributed by atoms with E-state index in [2.05, 4.69) is 4.90 Å². The summed E-state index contributed by atoms with van der Waals surface area (Å²) in [5.41, 5.74) is 7.57. The van der Waals surface area contributed by atoms with Crippen LogP contribution in [0.25, 0.3) is 0 Å². The molecule has 2 N–H and O–H groups in total. The molecule has 0 spiro atoms. The van der Waals surface area contributed by atoms with Gasteiger partial charge >= 0.3 is 0 Å². The molecular weight excluding hydrogens is 262 g/mol. The molecule has 2 saturated heterocycles. The summed E-state index contributed by atoms with van der Waals surface area (Å²) in [4.78, 5) is 17.3. The lowest BCUT2D eigenvalue weighted by atomic mass is 9.99. The van der Waals surface area contributed by atoms with Gasteiger partial charge in [0.2, 0.25) is 5.91 Å². The number of nitrogens with zero attached hydrogens (tertiary/aromatic N) is 2. The summed E-state index contributed by atoms with van der Waals surface area (Å²) in [6, 6.07) is 8.26. The fourth-order valence-electron chi connectivity index (χ4n) is 3.59. The molecular formula is C17H25N3O. The highest BCUT2D eigenvalue weighted by atomic mass is 16.2. The SMILES string of the molecule is CC(C(=O)N1CCC(N2CCCC2)C1)c1cccc(N)c1. The Bertz CT molecular complexity index is 511. The van der Waals surface area contributed by atoms with Crippen LogP contribution in [0, 0.1) is 0 Å². The van der Waals surface area contributed by atoms with E-state index in [1.54, 1.807) is 0 Å². The van der Waals surface area contributed by atoms with Gasteiger partial charge in [-0.15, -0.1) is 0 Å². The van der Waals surface area contributed by atoms with Crippen molar-refractivity contribution in [1.82, 2.24) is 9.80 Å². The first-order valence-electron chi connectivity index (χ1n) is 8.03. The Morgan fingerprint density at radius 1 is 1.29 bits per heavy atom. The number of nitrogen functional groups attached to an aromatic ring is 1. The number of benzene rings is 1. The molecule has 0 bridgehead atoms. The van der Waals surface area contributed by atoms with Crippen LogP contribution in [-0.2, 0) is 4.79 Å². The molecule has 0 radical (unpaired) electrons. The van der Waals surface area contributed by atoms with Crippen LogP contribution in [0.15, 0.2) is 24.3 Å². The van der Waals surface area contributed by atoms with Crippen molar-refractivity contribution in [2.45, 2.75) is 38.1 Å². The van der Waals surface area contributed by atoms with Gasteiger partial charge in [-0.2, -0.15) is 0 Å². The fraction of sp³-hybridized carbons (Fsp3) is 0.588. The third-order valence-corrected chi connectivity index (χ3v) is 4.91. The third-order valence-electron chi connectivity index (χ3n) is 4.91. The van der Waals surface area contributed by atoms with Crippen molar-refractivity contribution < 1.29 is 4.79 Å². The zero-order valence-electron chi connectivity index (χ0n) is 12.8. The predicted molar refractivity (Wildman–Crippen MR) is 85.1 cm³/mol. The average molecular weight is 287 g/mol. The molecule has 2 aliphatic heterocycles. The summed E-state index contributed by atoms with van der Waals surface area (Å²) < 4.78 is 0. The zero-order chi connectivity index (χ0) is 14.8. The Morgan fingerprint density at radius 3 is 2.76 bits per heavy atom. The highest BCUT2D eigenvalue weighted by Gasteiger charge is 2.33. The minimum absolute atomic E-state index is 0.106. The van der Waals surface area contributed by atoms with E-state index in [0.717, 1.165) is 30.8 Å². The first kappa shape index (κ1) is 14.4. The number of likely N-dealkylation sites (tertiary alicyclic amines) is 2. The Kier molecular flexibility index (Phi) is 4.15. The molecule has 21 heavy (non-hydrogen) atoms. The van der Waals surface area contributed by atoms with Gasteiger partial charge < -0.3 is 10.6 Å². The van der Waals surface area contributed by atoms with Crippen molar-refractivity contribution in [1.29, 1.82) is 0 Å². The lowest BCUT2D eigenvalue weighted by Gasteiger charge is -2.25. The van der Waals surface area contributed by atoms with Gasteiger partial charge in [0, 0.05) is 24.8 Å². The van der Waals surface area contributed by atoms with E-state index >= 15 is 0 Å². The number of carbonyl (C=O) groups is 1. The molecule has 0 aromatic heterocycles. The van der Waals surface area contributed by atoms with E-state index in [1.807, 2.05) is 36.1 Å². The van der Waals surface area contributed by atoms with Gasteiger partial charge in [-0.1, -0.05) is 12.1 Å². The van der Waals surface area contributed by atoms with E-state index < -0.39 is 0 Å². The van der Waals surface area contributed by atoms with Crippen LogP contribution in [0.1, 0.15) is 37.7 Å². The highest BCUT2D eigenvalue weighted by molar-refractivity contribution is 5.84. The second-order valence-corrected chi connectivity index (χ2v) is 6.36. The first-order chi connectivity index (χ1) is 10.1. The quantitative estimate of drug-likeness (QED) is 0.866. The van der Waals surface area contributed by atoms with Crippen LogP contribution in [0.3, 0.4) is 0 Å². The van der Waals surface area contributed by atoms with Gasteiger partial charge in [-0.05, 0) is 57.0 Å². The molecule has 2 fully saturated rings. The molecule has 2 unspecified atom stereocenters. The number of hydrogen-bond acceptors (Lipinski definition) is 3. The van der Waals surface area contributed by atoms with E-state index in [4.69, 9.17) is 5.73 Å². The molecule has 1 amide bonds. The number of hydrogen-bond donors (Lipinski definition) is 1. The highest BCUT2D eigenvalue weighted by Crippen LogP contribution is 2.25. The lowest BCUT2D eigenvalue weighted by molar-refractivity contribution is -0.131. The largest absolute Gasteiger partial charge is 0.399 e. The van der Waals surface area contributed by atoms with Gasteiger partial charge in [-0.3, -0.25) is 9.69 Å². The van der Waals surface area contributed by atoms with Crippen molar-refractivity contribution >= 4 is 11.6 Å². The summed E-state index contributed by atoms with van der Waals surface area (Å²) in [7, 11) is 0. The van der Waals surface area contributed by atoms with Crippen LogP contribution in [-0.4, -0.2) is 47.9 Å². The molecule has 0 saturated carbocycles. The summed E-state index contributed by atoms with van der Waals surface area (Å²) >= 11 is 0. The zero-order valence-corrected chi connectivity index (χ0v) is 12.8. The number of nitrogens with two attached hydrogens (primary N) is 1. The van der Waals surface area contributed by atoms with Gasteiger partial charge in [0.25, 0.3) is 0 Å². The molecule has 2 aliphatic rings. The molecule has 2 atom stereocenters. The summed E-state index contributed by atoms with van der Waals surface area (Å²) in [5, 5.41) is 0. The van der Waals surface area contributed by atoms with Crippen molar-refractivity contribution in [3.8, 4) is 0 Å². The maximum atomic E-state index is 12.7. The number of anilines is 1. The van der Waals surface area contributed by atoms with Crippen LogP contribution >= 0.6 is 0 Å². The van der Waals surface area contributed by atoms with E-state index in [1.165, 1.54) is 25.9 Å². The second-order valence-electron chi connectivity index (χ2n) is 6.36. The average Bonchev–Trinajstić information content (AvgIpc) is 3.16. The molecule has 1 aromatic carbocycles. The maximum absolute atomic E-state index is 12.7. The van der Waals surface area contributed by atoms with Crippen molar-refractivity contribution in [3.63, 3.8) is 0 Å². The summed E-state index contributed by atoms with van der Waals surface area (Å²) in [6.07, 6.45) is 3.74. The molecule has 114 valence electrons. The van der Waals surface area contributed by atoms with Gasteiger partial charge in [0.15, 0.2) is 0 Å². The van der Waals surface area contributed by atoms with Crippen LogP contribution in [0.4, 0.5) is 5.69 Å². The predicted octanol–water partition coefficient (Wildman–Crippen LogP) is 2.07. The first-order valence-corrected chi connectivity index (χ1v) is 8.03. The standard InChI is InChI=1S/C17H25N3O/c1-13(14-5-4-6-15(18)11-14)17(21)20-10-7-16(12-20)19-8-2-3-9-19/h4-6,11,13,16H,2-3,7-10,12,18H2,1H3. The Balaban J connectivity index is 1.63. The molecule has 0 aliphatic carbocycles. The molecule has 3 rings (SSSR count). The van der Waals surface area contributed by atoms with Gasteiger partial charge in [0.1, 0.15) is 0 Å². The molecule has 2 heterocycles. The monoisotopic (exact) mass is 287 g/mol. The van der Waals surface area contributed by atoms with Gasteiger partial charge in [-0.25, -0.2) is 0 Å². The molecule has 1 aromatic rings. The lowest BCUT2D eigenvalue weighted by Crippen LogP contribution is -2.38. The van der Waals surface area contributed by atoms with E-state index in [9.17, 15) is 4.79 Å². The Hall–Kier alpha value is -1.55. The Morgan fingerprint density at radius 2 is 2.05 bits per heavy atom. The van der Waals surface area contributed by atoms with Crippen molar-refractivity contribution in [2.75, 3.05) is 31.9 Å². The molecule has 4 nitrogen and oxygen atoms in total. The number of amides is 1. The summed E-state index contributed by atoms with van der Waals surface area (Å²) in [5.74, 6) is 0.133. The fourth-order valence-corrected chi connectivity index (χ4v) is 3.59. The van der Waals surface area contributed by atoms with Crippen molar-refractivity contribution in [3.05, 3.63) is 29.8 Å². The third kappa shape index (κ3) is 3.05. The summed E-state index contributed by atoms with van der Waals surface area (Å²) in [6.45, 7) is 6.19. The van der Waals surface area contributed by atoms with Gasteiger partial charge in [0.05, 0.1) is 5.92 Å². The Labute approximate surface area is 126 Å². The molecule has 4 heteroatoms. The van der Waals surface area contributed by atoms with Crippen LogP contribution < -0.4 is 5.73 Å². The number of rotatable bonds is 3. The minimum Gasteiger partial charge on any atom is -0.399 e. The smallest absolute Gasteiger partial charge is 0.229 e.